The lowest BCUT2D eigenvalue weighted by Crippen LogP contribution is -2.53. The molecule has 1 aromatic rings. The lowest BCUT2D eigenvalue weighted by Gasteiger charge is -2.43. The summed E-state index contributed by atoms with van der Waals surface area (Å²) in [5, 5.41) is 0. The first kappa shape index (κ1) is 15.0. The van der Waals surface area contributed by atoms with Crippen molar-refractivity contribution >= 4 is 5.69 Å². The number of nitrogens with zero attached hydrogens (tertiary/aromatic N) is 2. The first-order chi connectivity index (χ1) is 9.45. The SMILES string of the molecule is COc1ccc(N2CCN(C(C)(C)C)CC2)c(OC)c1. The molecule has 0 unspecified atom stereocenters. The number of piperazine rings is 1. The molecule has 0 saturated carbocycles. The second-order valence-corrected chi connectivity index (χ2v) is 6.18. The number of ether oxygens (including phenoxy) is 2. The first-order valence-electron chi connectivity index (χ1n) is 7.17. The Labute approximate surface area is 122 Å². The van der Waals surface area contributed by atoms with E-state index in [2.05, 4.69) is 36.6 Å². The normalized spacial score (nSPS) is 17.1. The van der Waals surface area contributed by atoms with Crippen LogP contribution in [0, 0.1) is 0 Å². The van der Waals surface area contributed by atoms with Crippen LogP contribution < -0.4 is 14.4 Å². The topological polar surface area (TPSA) is 24.9 Å². The molecular formula is C16H26N2O2. The molecule has 1 aliphatic rings. The summed E-state index contributed by atoms with van der Waals surface area (Å²) in [4.78, 5) is 4.92. The van der Waals surface area contributed by atoms with Gasteiger partial charge in [0.25, 0.3) is 0 Å². The highest BCUT2D eigenvalue weighted by Crippen LogP contribution is 2.33. The number of methoxy groups -OCH3 is 2. The van der Waals surface area contributed by atoms with Gasteiger partial charge in [0.1, 0.15) is 11.5 Å². The molecule has 4 heteroatoms. The predicted octanol–water partition coefficient (Wildman–Crippen LogP) is 2.62. The van der Waals surface area contributed by atoms with Crippen molar-refractivity contribution in [2.24, 2.45) is 0 Å². The Kier molecular flexibility index (Phi) is 4.43. The van der Waals surface area contributed by atoms with Gasteiger partial charge in [0.2, 0.25) is 0 Å². The predicted molar refractivity (Wildman–Crippen MR) is 83.1 cm³/mol. The molecule has 20 heavy (non-hydrogen) atoms. The quantitative estimate of drug-likeness (QED) is 0.848. The Morgan fingerprint density at radius 1 is 0.950 bits per heavy atom. The van der Waals surface area contributed by atoms with E-state index in [1.54, 1.807) is 14.2 Å². The average Bonchev–Trinajstić information content (AvgIpc) is 2.45. The third-order valence-corrected chi connectivity index (χ3v) is 3.96. The summed E-state index contributed by atoms with van der Waals surface area (Å²) in [7, 11) is 3.39. The van der Waals surface area contributed by atoms with Gasteiger partial charge in [0.15, 0.2) is 0 Å². The third-order valence-electron chi connectivity index (χ3n) is 3.96. The molecule has 112 valence electrons. The lowest BCUT2D eigenvalue weighted by atomic mass is 10.0. The fourth-order valence-electron chi connectivity index (χ4n) is 2.66. The summed E-state index contributed by atoms with van der Waals surface area (Å²) >= 11 is 0. The minimum absolute atomic E-state index is 0.246. The number of hydrogen-bond acceptors (Lipinski definition) is 4. The smallest absolute Gasteiger partial charge is 0.145 e. The number of benzene rings is 1. The van der Waals surface area contributed by atoms with Crippen molar-refractivity contribution in [3.05, 3.63) is 18.2 Å². The van der Waals surface area contributed by atoms with Crippen LogP contribution in [0.5, 0.6) is 11.5 Å². The Bertz CT molecular complexity index is 446. The van der Waals surface area contributed by atoms with E-state index in [0.717, 1.165) is 43.4 Å². The highest BCUT2D eigenvalue weighted by atomic mass is 16.5. The van der Waals surface area contributed by atoms with Gasteiger partial charge in [-0.05, 0) is 32.9 Å². The largest absolute Gasteiger partial charge is 0.497 e. The van der Waals surface area contributed by atoms with E-state index >= 15 is 0 Å². The van der Waals surface area contributed by atoms with Crippen LogP contribution in [0.4, 0.5) is 5.69 Å². The van der Waals surface area contributed by atoms with Gasteiger partial charge in [-0.3, -0.25) is 4.90 Å². The Morgan fingerprint density at radius 2 is 1.60 bits per heavy atom. The summed E-state index contributed by atoms with van der Waals surface area (Å²) in [6, 6.07) is 6.03. The summed E-state index contributed by atoms with van der Waals surface area (Å²) in [6.45, 7) is 11.0. The van der Waals surface area contributed by atoms with Crippen LogP contribution in [0.3, 0.4) is 0 Å². The lowest BCUT2D eigenvalue weighted by molar-refractivity contribution is 0.128. The number of rotatable bonds is 3. The fraction of sp³-hybridized carbons (Fsp3) is 0.625. The summed E-state index contributed by atoms with van der Waals surface area (Å²) < 4.78 is 10.8. The van der Waals surface area contributed by atoms with Crippen molar-refractivity contribution in [2.45, 2.75) is 26.3 Å². The molecule has 1 saturated heterocycles. The molecule has 0 spiro atoms. The molecule has 1 aromatic carbocycles. The molecule has 0 N–H and O–H groups in total. The van der Waals surface area contributed by atoms with Crippen molar-refractivity contribution in [3.63, 3.8) is 0 Å². The molecule has 0 amide bonds. The standard InChI is InChI=1S/C16H26N2O2/c1-16(2,3)18-10-8-17(9-11-18)14-7-6-13(19-4)12-15(14)20-5/h6-7,12H,8-11H2,1-5H3. The van der Waals surface area contributed by atoms with E-state index in [1.165, 1.54) is 0 Å². The van der Waals surface area contributed by atoms with Crippen LogP contribution in [0.2, 0.25) is 0 Å². The van der Waals surface area contributed by atoms with Crippen LogP contribution in [-0.4, -0.2) is 50.8 Å². The molecule has 1 heterocycles. The van der Waals surface area contributed by atoms with Gasteiger partial charge in [-0.1, -0.05) is 0 Å². The molecule has 0 radical (unpaired) electrons. The van der Waals surface area contributed by atoms with Gasteiger partial charge in [0.05, 0.1) is 19.9 Å². The molecule has 0 aromatic heterocycles. The Morgan fingerprint density at radius 3 is 2.10 bits per heavy atom. The summed E-state index contributed by atoms with van der Waals surface area (Å²) in [5.74, 6) is 1.72. The van der Waals surface area contributed by atoms with Gasteiger partial charge >= 0.3 is 0 Å². The molecular weight excluding hydrogens is 252 g/mol. The monoisotopic (exact) mass is 278 g/mol. The van der Waals surface area contributed by atoms with E-state index in [1.807, 2.05) is 12.1 Å². The van der Waals surface area contributed by atoms with Crippen LogP contribution in [-0.2, 0) is 0 Å². The van der Waals surface area contributed by atoms with E-state index in [4.69, 9.17) is 9.47 Å². The maximum absolute atomic E-state index is 5.50. The average molecular weight is 278 g/mol. The molecule has 0 atom stereocenters. The second kappa shape index (κ2) is 5.92. The second-order valence-electron chi connectivity index (χ2n) is 6.18. The Balaban J connectivity index is 2.10. The van der Waals surface area contributed by atoms with Gasteiger partial charge in [-0.2, -0.15) is 0 Å². The molecule has 4 nitrogen and oxygen atoms in total. The summed E-state index contributed by atoms with van der Waals surface area (Å²) in [6.07, 6.45) is 0. The summed E-state index contributed by atoms with van der Waals surface area (Å²) in [5.41, 5.74) is 1.40. The number of anilines is 1. The fourth-order valence-corrected chi connectivity index (χ4v) is 2.66. The van der Waals surface area contributed by atoms with Crippen molar-refractivity contribution in [2.75, 3.05) is 45.3 Å². The molecule has 0 aliphatic carbocycles. The third kappa shape index (κ3) is 3.18. The van der Waals surface area contributed by atoms with Gasteiger partial charge < -0.3 is 14.4 Å². The van der Waals surface area contributed by atoms with Crippen LogP contribution >= 0.6 is 0 Å². The molecule has 0 bridgehead atoms. The first-order valence-corrected chi connectivity index (χ1v) is 7.17. The van der Waals surface area contributed by atoms with Crippen molar-refractivity contribution in [1.29, 1.82) is 0 Å². The molecule has 2 rings (SSSR count). The van der Waals surface area contributed by atoms with Crippen LogP contribution in [0.15, 0.2) is 18.2 Å². The van der Waals surface area contributed by atoms with Crippen LogP contribution in [0.1, 0.15) is 20.8 Å². The van der Waals surface area contributed by atoms with Gasteiger partial charge in [-0.25, -0.2) is 0 Å². The zero-order chi connectivity index (χ0) is 14.8. The minimum atomic E-state index is 0.246. The van der Waals surface area contributed by atoms with E-state index < -0.39 is 0 Å². The van der Waals surface area contributed by atoms with E-state index in [9.17, 15) is 0 Å². The van der Waals surface area contributed by atoms with Crippen molar-refractivity contribution in [1.82, 2.24) is 4.90 Å². The van der Waals surface area contributed by atoms with Gasteiger partial charge in [0, 0.05) is 37.8 Å². The highest BCUT2D eigenvalue weighted by molar-refractivity contribution is 5.61. The van der Waals surface area contributed by atoms with E-state index in [0.29, 0.717) is 0 Å². The maximum Gasteiger partial charge on any atom is 0.145 e. The van der Waals surface area contributed by atoms with Crippen molar-refractivity contribution < 1.29 is 9.47 Å². The van der Waals surface area contributed by atoms with Crippen LogP contribution in [0.25, 0.3) is 0 Å². The highest BCUT2D eigenvalue weighted by Gasteiger charge is 2.26. The zero-order valence-electron chi connectivity index (χ0n) is 13.3. The maximum atomic E-state index is 5.50. The molecule has 1 fully saturated rings. The van der Waals surface area contributed by atoms with Crippen molar-refractivity contribution in [3.8, 4) is 11.5 Å². The molecule has 1 aliphatic heterocycles. The van der Waals surface area contributed by atoms with E-state index in [-0.39, 0.29) is 5.54 Å². The number of hydrogen-bond donors (Lipinski definition) is 0. The Hall–Kier alpha value is -1.42. The minimum Gasteiger partial charge on any atom is -0.497 e. The zero-order valence-corrected chi connectivity index (χ0v) is 13.3. The van der Waals surface area contributed by atoms with Gasteiger partial charge in [-0.15, -0.1) is 0 Å².